The third-order valence-electron chi connectivity index (χ3n) is 4.32. The Balaban J connectivity index is 1.63. The minimum absolute atomic E-state index is 0.283. The van der Waals surface area contributed by atoms with Crippen molar-refractivity contribution in [2.45, 2.75) is 6.42 Å². The van der Waals surface area contributed by atoms with Crippen molar-refractivity contribution in [2.75, 3.05) is 6.73 Å². The number of pyridine rings is 1. The molecule has 3 aromatic rings. The van der Waals surface area contributed by atoms with Gasteiger partial charge in [-0.2, -0.15) is 0 Å². The molecule has 3 rings (SSSR count). The minimum Gasteiger partial charge on any atom is -0.399 e. The lowest BCUT2D eigenvalue weighted by molar-refractivity contribution is 0.191. The van der Waals surface area contributed by atoms with Crippen LogP contribution in [-0.4, -0.2) is 26.7 Å². The molecule has 1 aromatic carbocycles. The highest BCUT2D eigenvalue weighted by Crippen LogP contribution is 2.34. The van der Waals surface area contributed by atoms with E-state index in [-0.39, 0.29) is 12.4 Å². The fraction of sp³-hybridized carbons (Fsp3) is 0.0909. The Bertz CT molecular complexity index is 1150. The van der Waals surface area contributed by atoms with Gasteiger partial charge in [-0.05, 0) is 47.2 Å². The van der Waals surface area contributed by atoms with Crippen LogP contribution in [0.4, 0.5) is 0 Å². The molecule has 32 heavy (non-hydrogen) atoms. The second-order valence-corrected chi connectivity index (χ2v) is 7.96. The van der Waals surface area contributed by atoms with Crippen LogP contribution in [0.25, 0.3) is 16.7 Å². The van der Waals surface area contributed by atoms with E-state index in [1.54, 1.807) is 30.6 Å². The van der Waals surface area contributed by atoms with Gasteiger partial charge in [-0.3, -0.25) is 9.51 Å². The maximum absolute atomic E-state index is 10.6. The minimum atomic E-state index is -4.51. The topological polar surface area (TPSA) is 144 Å². The second kappa shape index (κ2) is 10.7. The van der Waals surface area contributed by atoms with Crippen molar-refractivity contribution in [3.8, 4) is 11.1 Å². The third-order valence-corrected chi connectivity index (χ3v) is 4.78. The van der Waals surface area contributed by atoms with Crippen LogP contribution in [0.1, 0.15) is 17.0 Å². The Morgan fingerprint density at radius 3 is 2.53 bits per heavy atom. The Labute approximate surface area is 185 Å². The van der Waals surface area contributed by atoms with Crippen molar-refractivity contribution in [2.24, 2.45) is 5.73 Å². The molecule has 0 aliphatic carbocycles. The number of nitrogens with zero attached hydrogens (tertiary/aromatic N) is 2. The maximum Gasteiger partial charge on any atom is 0.471 e. The summed E-state index contributed by atoms with van der Waals surface area (Å²) in [7, 11) is -4.51. The fourth-order valence-electron chi connectivity index (χ4n) is 2.82. The summed E-state index contributed by atoms with van der Waals surface area (Å²) in [6.45, 7) is 3.40. The quantitative estimate of drug-likeness (QED) is 0.157. The van der Waals surface area contributed by atoms with Crippen molar-refractivity contribution in [3.63, 3.8) is 0 Å². The van der Waals surface area contributed by atoms with E-state index in [0.29, 0.717) is 17.8 Å². The molecule has 2 heterocycles. The molecule has 0 radical (unpaired) electrons. The summed E-state index contributed by atoms with van der Waals surface area (Å²) in [5.74, 6) is 0.456. The first-order chi connectivity index (χ1) is 15.3. The standard InChI is InChI=1S/C22H23N4O5P/c1-16(23)21(3-2-10-25-15-30-32(27,28)29)22-14-20(26-31-22)13-17-4-6-18(7-5-17)19-8-11-24-12-9-19/h2-12,14,25H,1,13,15,23H2,(H2,27,28,29)/b10-2-,21-3+. The van der Waals surface area contributed by atoms with E-state index in [9.17, 15) is 4.57 Å². The second-order valence-electron chi connectivity index (χ2n) is 6.72. The molecule has 166 valence electrons. The molecule has 0 unspecified atom stereocenters. The SMILES string of the molecule is C=C(N)/C(=C\C=C/NCOP(=O)(O)O)c1cc(Cc2ccc(-c3ccncc3)cc2)no1. The van der Waals surface area contributed by atoms with Crippen molar-refractivity contribution >= 4 is 13.4 Å². The van der Waals surface area contributed by atoms with Gasteiger partial charge in [-0.15, -0.1) is 0 Å². The van der Waals surface area contributed by atoms with E-state index >= 15 is 0 Å². The number of phosphoric ester groups is 1. The van der Waals surface area contributed by atoms with Gasteiger partial charge in [0.25, 0.3) is 0 Å². The molecule has 10 heteroatoms. The Hall–Kier alpha value is -3.49. The molecule has 0 spiro atoms. The summed E-state index contributed by atoms with van der Waals surface area (Å²) in [5.41, 5.74) is 10.7. The van der Waals surface area contributed by atoms with Crippen LogP contribution in [0.3, 0.4) is 0 Å². The van der Waals surface area contributed by atoms with Gasteiger partial charge in [-0.25, -0.2) is 4.57 Å². The highest BCUT2D eigenvalue weighted by atomic mass is 31.2. The number of benzene rings is 1. The molecule has 0 bridgehead atoms. The van der Waals surface area contributed by atoms with Crippen LogP contribution < -0.4 is 11.1 Å². The molecule has 0 aliphatic rings. The summed E-state index contributed by atoms with van der Waals surface area (Å²) in [6.07, 6.45) is 8.77. The zero-order valence-corrected chi connectivity index (χ0v) is 18.0. The Kier molecular flexibility index (Phi) is 7.75. The smallest absolute Gasteiger partial charge is 0.399 e. The molecule has 0 saturated carbocycles. The van der Waals surface area contributed by atoms with Gasteiger partial charge in [0.15, 0.2) is 5.76 Å². The van der Waals surface area contributed by atoms with Crippen molar-refractivity contribution in [1.82, 2.24) is 15.5 Å². The van der Waals surface area contributed by atoms with Gasteiger partial charge in [0, 0.05) is 36.2 Å². The number of hydrogen-bond acceptors (Lipinski definition) is 7. The van der Waals surface area contributed by atoms with Crippen LogP contribution in [0, 0.1) is 0 Å². The van der Waals surface area contributed by atoms with Gasteiger partial charge in [0.1, 0.15) is 6.73 Å². The average molecular weight is 454 g/mol. The summed E-state index contributed by atoms with van der Waals surface area (Å²) in [6, 6.07) is 13.9. The lowest BCUT2D eigenvalue weighted by Crippen LogP contribution is -2.09. The Morgan fingerprint density at radius 1 is 1.19 bits per heavy atom. The Morgan fingerprint density at radius 2 is 1.88 bits per heavy atom. The zero-order chi connectivity index (χ0) is 23.0. The predicted molar refractivity (Wildman–Crippen MR) is 121 cm³/mol. The van der Waals surface area contributed by atoms with E-state index in [1.807, 2.05) is 36.4 Å². The normalized spacial score (nSPS) is 12.2. The van der Waals surface area contributed by atoms with Gasteiger partial charge in [0.2, 0.25) is 0 Å². The predicted octanol–water partition coefficient (Wildman–Crippen LogP) is 3.35. The van der Waals surface area contributed by atoms with E-state index in [0.717, 1.165) is 22.4 Å². The first-order valence-electron chi connectivity index (χ1n) is 9.52. The van der Waals surface area contributed by atoms with Crippen LogP contribution in [0.5, 0.6) is 0 Å². The molecule has 0 amide bonds. The molecule has 0 aliphatic heterocycles. The van der Waals surface area contributed by atoms with Crippen LogP contribution in [-0.2, 0) is 15.5 Å². The number of phosphoric acid groups is 1. The lowest BCUT2D eigenvalue weighted by atomic mass is 10.0. The first-order valence-corrected chi connectivity index (χ1v) is 11.1. The van der Waals surface area contributed by atoms with Gasteiger partial charge < -0.3 is 25.4 Å². The van der Waals surface area contributed by atoms with Crippen LogP contribution in [0.2, 0.25) is 0 Å². The first kappa shape index (κ1) is 23.2. The molecular formula is C22H23N4O5P. The number of hydrogen-bond donors (Lipinski definition) is 4. The summed E-state index contributed by atoms with van der Waals surface area (Å²) in [5, 5.41) is 6.70. The number of allylic oxidation sites excluding steroid dienone is 3. The maximum atomic E-state index is 10.6. The third kappa shape index (κ3) is 7.04. The summed E-state index contributed by atoms with van der Waals surface area (Å²) in [4.78, 5) is 21.3. The highest BCUT2D eigenvalue weighted by molar-refractivity contribution is 7.46. The van der Waals surface area contributed by atoms with Crippen molar-refractivity contribution in [3.05, 3.63) is 103 Å². The number of nitrogens with two attached hydrogens (primary N) is 1. The van der Waals surface area contributed by atoms with Gasteiger partial charge in [0.05, 0.1) is 5.69 Å². The van der Waals surface area contributed by atoms with Crippen LogP contribution >= 0.6 is 7.82 Å². The summed E-state index contributed by atoms with van der Waals surface area (Å²) >= 11 is 0. The van der Waals surface area contributed by atoms with Gasteiger partial charge >= 0.3 is 7.82 Å². The monoisotopic (exact) mass is 454 g/mol. The molecular weight excluding hydrogens is 431 g/mol. The van der Waals surface area contributed by atoms with Crippen LogP contribution in [0.15, 0.2) is 90.0 Å². The average Bonchev–Trinajstić information content (AvgIpc) is 3.21. The summed E-state index contributed by atoms with van der Waals surface area (Å²) < 4.78 is 20.3. The molecule has 0 fully saturated rings. The van der Waals surface area contributed by atoms with Crippen molar-refractivity contribution < 1.29 is 23.4 Å². The molecule has 9 nitrogen and oxygen atoms in total. The zero-order valence-electron chi connectivity index (χ0n) is 17.1. The van der Waals surface area contributed by atoms with E-state index < -0.39 is 7.82 Å². The molecule has 0 saturated heterocycles. The van der Waals surface area contributed by atoms with E-state index in [4.69, 9.17) is 20.0 Å². The molecule has 2 aromatic heterocycles. The number of aromatic nitrogens is 2. The number of nitrogens with one attached hydrogen (secondary N) is 1. The number of rotatable bonds is 10. The van der Waals surface area contributed by atoms with Gasteiger partial charge in [-0.1, -0.05) is 36.0 Å². The largest absolute Gasteiger partial charge is 0.471 e. The molecule has 5 N–H and O–H groups in total. The fourth-order valence-corrected chi connectivity index (χ4v) is 3.06. The lowest BCUT2D eigenvalue weighted by Gasteiger charge is -2.04. The van der Waals surface area contributed by atoms with E-state index in [1.165, 1.54) is 6.20 Å². The van der Waals surface area contributed by atoms with Crippen molar-refractivity contribution in [1.29, 1.82) is 0 Å². The highest BCUT2D eigenvalue weighted by Gasteiger charge is 2.12. The molecule has 0 atom stereocenters. The van der Waals surface area contributed by atoms with E-state index in [2.05, 4.69) is 26.6 Å².